The number of benzene rings is 1. The highest BCUT2D eigenvalue weighted by Gasteiger charge is 2.31. The van der Waals surface area contributed by atoms with Gasteiger partial charge < -0.3 is 20.4 Å². The van der Waals surface area contributed by atoms with E-state index in [1.165, 1.54) is 0 Å². The van der Waals surface area contributed by atoms with Crippen molar-refractivity contribution in [1.82, 2.24) is 25.7 Å². The summed E-state index contributed by atoms with van der Waals surface area (Å²) in [6.45, 7) is 2.21. The molecule has 1 aromatic carbocycles. The Bertz CT molecular complexity index is 1220. The van der Waals surface area contributed by atoms with Gasteiger partial charge in [-0.25, -0.2) is 0 Å². The molecule has 3 aromatic rings. The molecular weight excluding hydrogens is 458 g/mol. The normalized spacial score (nSPS) is 14.8. The minimum atomic E-state index is -0.578. The van der Waals surface area contributed by atoms with E-state index in [1.807, 2.05) is 31.2 Å². The summed E-state index contributed by atoms with van der Waals surface area (Å²) >= 11 is 0. The molecule has 1 fully saturated rings. The summed E-state index contributed by atoms with van der Waals surface area (Å²) in [5, 5.41) is 12.6. The Hall–Kier alpha value is -3.88. The molecule has 1 aliphatic rings. The zero-order valence-electron chi connectivity index (χ0n) is 21.0. The third-order valence-electron chi connectivity index (χ3n) is 6.78. The van der Waals surface area contributed by atoms with Gasteiger partial charge in [0, 0.05) is 31.9 Å². The number of aromatic nitrogens is 2. The van der Waals surface area contributed by atoms with Crippen molar-refractivity contribution in [2.24, 2.45) is 13.0 Å². The van der Waals surface area contributed by atoms with Crippen molar-refractivity contribution < 1.29 is 18.8 Å². The highest BCUT2D eigenvalue weighted by atomic mass is 16.4. The van der Waals surface area contributed by atoms with Gasteiger partial charge in [-0.2, -0.15) is 5.10 Å². The Kier molecular flexibility index (Phi) is 7.87. The first-order valence-electron chi connectivity index (χ1n) is 12.4. The van der Waals surface area contributed by atoms with Crippen LogP contribution in [0.4, 0.5) is 0 Å². The first kappa shape index (κ1) is 25.2. The Morgan fingerprint density at radius 1 is 1.08 bits per heavy atom. The van der Waals surface area contributed by atoms with Gasteiger partial charge in [-0.3, -0.25) is 19.1 Å². The van der Waals surface area contributed by atoms with Crippen LogP contribution in [0, 0.1) is 12.8 Å². The van der Waals surface area contributed by atoms with E-state index in [0.29, 0.717) is 18.0 Å². The lowest BCUT2D eigenvalue weighted by Crippen LogP contribution is -2.50. The molecule has 0 bridgehead atoms. The molecule has 3 amide bonds. The Labute approximate surface area is 210 Å². The number of carbonyl (C=O) groups is 3. The van der Waals surface area contributed by atoms with E-state index in [0.717, 1.165) is 48.9 Å². The smallest absolute Gasteiger partial charge is 0.287 e. The average Bonchev–Trinajstić information content (AvgIpc) is 3.53. The number of furan rings is 1. The molecule has 1 atom stereocenters. The molecule has 9 nitrogen and oxygen atoms in total. The highest BCUT2D eigenvalue weighted by Crippen LogP contribution is 2.28. The lowest BCUT2D eigenvalue weighted by Gasteiger charge is -2.29. The molecule has 1 aliphatic carbocycles. The van der Waals surface area contributed by atoms with Crippen LogP contribution in [0.2, 0.25) is 0 Å². The van der Waals surface area contributed by atoms with Crippen molar-refractivity contribution >= 4 is 17.7 Å². The summed E-state index contributed by atoms with van der Waals surface area (Å²) in [7, 11) is 3.38. The Morgan fingerprint density at radius 3 is 2.56 bits per heavy atom. The number of amides is 3. The van der Waals surface area contributed by atoms with Gasteiger partial charge in [-0.15, -0.1) is 0 Å². The molecule has 0 aliphatic heterocycles. The predicted molar refractivity (Wildman–Crippen MR) is 135 cm³/mol. The number of nitrogens with one attached hydrogen (secondary N) is 3. The molecular formula is C27H33N5O4. The maximum absolute atomic E-state index is 12.9. The summed E-state index contributed by atoms with van der Waals surface area (Å²) in [5.41, 5.74) is 2.94. The molecule has 0 saturated heterocycles. The second-order valence-corrected chi connectivity index (χ2v) is 9.30. The van der Waals surface area contributed by atoms with Crippen LogP contribution in [-0.4, -0.2) is 40.6 Å². The van der Waals surface area contributed by atoms with Gasteiger partial charge >= 0.3 is 0 Å². The first-order chi connectivity index (χ1) is 17.4. The van der Waals surface area contributed by atoms with E-state index in [2.05, 4.69) is 21.0 Å². The van der Waals surface area contributed by atoms with Gasteiger partial charge in [0.1, 0.15) is 17.5 Å². The molecule has 2 aromatic heterocycles. The van der Waals surface area contributed by atoms with E-state index in [4.69, 9.17) is 4.42 Å². The molecule has 0 spiro atoms. The maximum atomic E-state index is 12.9. The Morgan fingerprint density at radius 2 is 1.86 bits per heavy atom. The van der Waals surface area contributed by atoms with Gasteiger partial charge in [-0.1, -0.05) is 37.5 Å². The van der Waals surface area contributed by atoms with Crippen LogP contribution in [0.15, 0.2) is 46.9 Å². The maximum Gasteiger partial charge on any atom is 0.287 e. The van der Waals surface area contributed by atoms with Gasteiger partial charge in [0.25, 0.3) is 11.8 Å². The molecule has 9 heteroatoms. The summed E-state index contributed by atoms with van der Waals surface area (Å²) in [6, 6.07) is 12.1. The summed E-state index contributed by atoms with van der Waals surface area (Å²) in [4.78, 5) is 37.8. The van der Waals surface area contributed by atoms with Crippen LogP contribution in [-0.2, 0) is 18.4 Å². The van der Waals surface area contributed by atoms with E-state index in [9.17, 15) is 14.4 Å². The predicted octanol–water partition coefficient (Wildman–Crippen LogP) is 3.34. The number of hydrogen-bond acceptors (Lipinski definition) is 5. The standard InChI is InChI=1S/C27H33N5O4/c1-17-14-21(31-32(17)3)25(33)29-16-18-8-7-11-20(15-18)22-12-13-23(36-22)26(34)30-24(27(35)28-2)19-9-5-4-6-10-19/h7-8,11-15,19,24H,4-6,9-10,16H2,1-3H3,(H,28,35)(H,29,33)(H,30,34)/t24-/m0/s1. The molecule has 36 heavy (non-hydrogen) atoms. The largest absolute Gasteiger partial charge is 0.451 e. The van der Waals surface area contributed by atoms with Crippen LogP contribution in [0.25, 0.3) is 11.3 Å². The van der Waals surface area contributed by atoms with Crippen molar-refractivity contribution in [2.75, 3.05) is 7.05 Å². The van der Waals surface area contributed by atoms with Crippen LogP contribution in [0.3, 0.4) is 0 Å². The summed E-state index contributed by atoms with van der Waals surface area (Å²) in [5.74, 6) is -0.0300. The molecule has 1 saturated carbocycles. The summed E-state index contributed by atoms with van der Waals surface area (Å²) < 4.78 is 7.51. The molecule has 4 rings (SSSR count). The quantitative estimate of drug-likeness (QED) is 0.447. The zero-order chi connectivity index (χ0) is 25.7. The molecule has 0 radical (unpaired) electrons. The van der Waals surface area contributed by atoms with Gasteiger partial charge in [0.2, 0.25) is 5.91 Å². The first-order valence-corrected chi connectivity index (χ1v) is 12.4. The molecule has 3 N–H and O–H groups in total. The fourth-order valence-electron chi connectivity index (χ4n) is 4.63. The Balaban J connectivity index is 1.41. The van der Waals surface area contributed by atoms with Crippen molar-refractivity contribution in [3.8, 4) is 11.3 Å². The van der Waals surface area contributed by atoms with E-state index >= 15 is 0 Å². The second kappa shape index (κ2) is 11.2. The molecule has 0 unspecified atom stereocenters. The fraction of sp³-hybridized carbons (Fsp3) is 0.407. The van der Waals surface area contributed by atoms with Crippen molar-refractivity contribution in [3.63, 3.8) is 0 Å². The van der Waals surface area contributed by atoms with Crippen LogP contribution in [0.1, 0.15) is 64.4 Å². The third kappa shape index (κ3) is 5.84. The van der Waals surface area contributed by atoms with E-state index in [1.54, 1.807) is 37.0 Å². The van der Waals surface area contributed by atoms with Crippen molar-refractivity contribution in [2.45, 2.75) is 51.6 Å². The minimum absolute atomic E-state index is 0.124. The van der Waals surface area contributed by atoms with Crippen molar-refractivity contribution in [1.29, 1.82) is 0 Å². The topological polar surface area (TPSA) is 118 Å². The number of nitrogens with zero attached hydrogens (tertiary/aromatic N) is 2. The van der Waals surface area contributed by atoms with Crippen LogP contribution >= 0.6 is 0 Å². The van der Waals surface area contributed by atoms with Crippen LogP contribution < -0.4 is 16.0 Å². The zero-order valence-corrected chi connectivity index (χ0v) is 21.0. The van der Waals surface area contributed by atoms with E-state index in [-0.39, 0.29) is 23.5 Å². The minimum Gasteiger partial charge on any atom is -0.451 e. The highest BCUT2D eigenvalue weighted by molar-refractivity contribution is 5.96. The number of carbonyl (C=O) groups excluding carboxylic acids is 3. The summed E-state index contributed by atoms with van der Waals surface area (Å²) in [6.07, 6.45) is 5.14. The van der Waals surface area contributed by atoms with Gasteiger partial charge in [0.05, 0.1) is 0 Å². The SMILES string of the molecule is CNC(=O)[C@@H](NC(=O)c1ccc(-c2cccc(CNC(=O)c3cc(C)n(C)n3)c2)o1)C1CCCCC1. The monoisotopic (exact) mass is 491 g/mol. The number of aryl methyl sites for hydroxylation is 2. The van der Waals surface area contributed by atoms with Crippen molar-refractivity contribution in [3.05, 3.63) is 65.2 Å². The average molecular weight is 492 g/mol. The second-order valence-electron chi connectivity index (χ2n) is 9.30. The van der Waals surface area contributed by atoms with Crippen LogP contribution in [0.5, 0.6) is 0 Å². The van der Waals surface area contributed by atoms with Gasteiger partial charge in [0.15, 0.2) is 5.76 Å². The number of rotatable bonds is 8. The molecule has 2 heterocycles. The van der Waals surface area contributed by atoms with Gasteiger partial charge in [-0.05, 0) is 55.5 Å². The lowest BCUT2D eigenvalue weighted by molar-refractivity contribution is -0.124. The fourth-order valence-corrected chi connectivity index (χ4v) is 4.63. The number of hydrogen-bond donors (Lipinski definition) is 3. The lowest BCUT2D eigenvalue weighted by atomic mass is 9.83. The number of likely N-dealkylation sites (N-methyl/N-ethyl adjacent to an activating group) is 1. The third-order valence-corrected chi connectivity index (χ3v) is 6.78. The van der Waals surface area contributed by atoms with E-state index < -0.39 is 11.9 Å². The molecule has 190 valence electrons.